The first-order valence-electron chi connectivity index (χ1n) is 13.0. The smallest absolute Gasteiger partial charge is 0.337 e. The van der Waals surface area contributed by atoms with Crippen LogP contribution in [0.5, 0.6) is 0 Å². The molecule has 2 unspecified atom stereocenters. The molecule has 1 fully saturated rings. The summed E-state index contributed by atoms with van der Waals surface area (Å²) in [6, 6.07) is 7.55. The normalized spacial score (nSPS) is 18.9. The van der Waals surface area contributed by atoms with Crippen molar-refractivity contribution in [3.05, 3.63) is 35.9 Å². The Kier molecular flexibility index (Phi) is 11.7. The van der Waals surface area contributed by atoms with Gasteiger partial charge in [-0.3, -0.25) is 28.0 Å². The van der Waals surface area contributed by atoms with E-state index in [1.807, 2.05) is 6.92 Å². The van der Waals surface area contributed by atoms with Gasteiger partial charge in [0.15, 0.2) is 5.78 Å². The molecule has 1 heterocycles. The fraction of sp³-hybridized carbons (Fsp3) is 0.630. The number of carboxylic acids is 1. The second-order valence-electron chi connectivity index (χ2n) is 10.5. The first kappa shape index (κ1) is 31.7. The first-order valence-corrected chi connectivity index (χ1v) is 14.6. The number of aliphatic carboxylic acids is 1. The van der Waals surface area contributed by atoms with Gasteiger partial charge in [0.1, 0.15) is 12.1 Å². The highest BCUT2D eigenvalue weighted by atomic mass is 31.2. The Morgan fingerprint density at radius 3 is 2.39 bits per heavy atom. The van der Waals surface area contributed by atoms with Crippen LogP contribution < -0.4 is 0 Å². The van der Waals surface area contributed by atoms with Crippen LogP contribution in [0.1, 0.15) is 83.5 Å². The maximum atomic E-state index is 14.3. The van der Waals surface area contributed by atoms with E-state index in [9.17, 15) is 28.8 Å². The Hall–Kier alpha value is -2.55. The molecule has 1 N–H and O–H groups in total. The van der Waals surface area contributed by atoms with E-state index in [1.54, 1.807) is 51.1 Å². The molecular weight excluding hydrogens is 513 g/mol. The van der Waals surface area contributed by atoms with Crippen LogP contribution >= 0.6 is 7.60 Å². The highest BCUT2D eigenvalue weighted by Crippen LogP contribution is 2.57. The molecule has 10 nitrogen and oxygen atoms in total. The minimum atomic E-state index is -4.23. The maximum absolute atomic E-state index is 14.3. The number of rotatable bonds is 14. The Morgan fingerprint density at radius 2 is 1.82 bits per heavy atom. The fourth-order valence-corrected chi connectivity index (χ4v) is 6.21. The van der Waals surface area contributed by atoms with Crippen molar-refractivity contribution in [1.29, 1.82) is 0 Å². The molecular formula is C27H40NO9P. The highest BCUT2D eigenvalue weighted by molar-refractivity contribution is 7.54. The van der Waals surface area contributed by atoms with E-state index < -0.39 is 55.5 Å². The van der Waals surface area contributed by atoms with E-state index in [4.69, 9.17) is 13.8 Å². The number of hydrogen-bond acceptors (Lipinski definition) is 8. The molecule has 212 valence electrons. The lowest BCUT2D eigenvalue weighted by molar-refractivity contribution is -0.160. The summed E-state index contributed by atoms with van der Waals surface area (Å²) in [4.78, 5) is 51.3. The molecule has 1 aromatic rings. The quantitative estimate of drug-likeness (QED) is 0.145. The van der Waals surface area contributed by atoms with Gasteiger partial charge in [-0.1, -0.05) is 50.1 Å². The van der Waals surface area contributed by atoms with E-state index in [2.05, 4.69) is 0 Å². The molecule has 4 atom stereocenters. The molecule has 0 bridgehead atoms. The van der Waals surface area contributed by atoms with Crippen LogP contribution in [-0.4, -0.2) is 64.8 Å². The molecule has 11 heteroatoms. The van der Waals surface area contributed by atoms with Gasteiger partial charge < -0.3 is 14.7 Å². The number of unbranched alkanes of at least 4 members (excludes halogenated alkanes) is 1. The van der Waals surface area contributed by atoms with Crippen molar-refractivity contribution in [2.75, 3.05) is 13.3 Å². The molecule has 1 aromatic carbocycles. The Morgan fingerprint density at radius 1 is 1.16 bits per heavy atom. The molecule has 1 aliphatic heterocycles. The number of carbonyl (C=O) groups is 4. The van der Waals surface area contributed by atoms with Crippen molar-refractivity contribution in [2.24, 2.45) is 5.41 Å². The molecule has 38 heavy (non-hydrogen) atoms. The van der Waals surface area contributed by atoms with Gasteiger partial charge in [-0.25, -0.2) is 4.79 Å². The average molecular weight is 554 g/mol. The monoisotopic (exact) mass is 553 g/mol. The van der Waals surface area contributed by atoms with Crippen LogP contribution in [0.3, 0.4) is 0 Å². The lowest BCUT2D eigenvalue weighted by atomic mass is 9.98. The van der Waals surface area contributed by atoms with Crippen molar-refractivity contribution >= 4 is 31.2 Å². The minimum absolute atomic E-state index is 0.170. The number of carboxylic acid groups (broad SMARTS) is 1. The number of esters is 1. The number of nitrogens with zero attached hydrogens (tertiary/aromatic N) is 1. The first-order chi connectivity index (χ1) is 17.8. The minimum Gasteiger partial charge on any atom is -0.480 e. The lowest BCUT2D eigenvalue weighted by Crippen LogP contribution is -2.45. The summed E-state index contributed by atoms with van der Waals surface area (Å²) in [6.07, 6.45) is 1.03. The number of ketones is 1. The average Bonchev–Trinajstić information content (AvgIpc) is 3.36. The zero-order valence-corrected chi connectivity index (χ0v) is 23.8. The maximum Gasteiger partial charge on any atom is 0.337 e. The van der Waals surface area contributed by atoms with Crippen molar-refractivity contribution in [3.8, 4) is 0 Å². The number of Topliss-reactive ketones (excluding diaryl/α,β-unsaturated/α-hetero) is 1. The summed E-state index contributed by atoms with van der Waals surface area (Å²) >= 11 is 0. The van der Waals surface area contributed by atoms with Crippen LogP contribution in [0.15, 0.2) is 30.3 Å². The van der Waals surface area contributed by atoms with Gasteiger partial charge in [-0.15, -0.1) is 0 Å². The number of benzene rings is 1. The Labute approximate surface area is 224 Å². The summed E-state index contributed by atoms with van der Waals surface area (Å²) in [7, 11) is -4.23. The number of likely N-dealkylation sites (tertiary alicyclic amines) is 1. The predicted molar refractivity (Wildman–Crippen MR) is 141 cm³/mol. The molecule has 0 saturated carbocycles. The molecule has 0 radical (unpaired) electrons. The summed E-state index contributed by atoms with van der Waals surface area (Å²) in [6.45, 7) is 7.85. The van der Waals surface area contributed by atoms with Crippen LogP contribution in [0, 0.1) is 5.41 Å². The van der Waals surface area contributed by atoms with Crippen LogP contribution in [0.25, 0.3) is 0 Å². The zero-order chi connectivity index (χ0) is 28.5. The van der Waals surface area contributed by atoms with E-state index in [0.29, 0.717) is 31.2 Å². The predicted octanol–water partition coefficient (Wildman–Crippen LogP) is 5.06. The number of hydrogen-bond donors (Lipinski definition) is 1. The van der Waals surface area contributed by atoms with E-state index in [-0.39, 0.29) is 18.7 Å². The number of ether oxygens (including phenoxy) is 1. The van der Waals surface area contributed by atoms with Gasteiger partial charge in [0.2, 0.25) is 6.79 Å². The van der Waals surface area contributed by atoms with Gasteiger partial charge in [0.05, 0.1) is 11.1 Å². The summed E-state index contributed by atoms with van der Waals surface area (Å²) in [5.74, 6) is -2.60. The third-order valence-electron chi connectivity index (χ3n) is 6.36. The molecule has 1 saturated heterocycles. The summed E-state index contributed by atoms with van der Waals surface area (Å²) in [5, 5.41) is 9.47. The van der Waals surface area contributed by atoms with E-state index in [0.717, 1.165) is 6.42 Å². The number of amides is 1. The summed E-state index contributed by atoms with van der Waals surface area (Å²) in [5.41, 5.74) is -1.30. The zero-order valence-electron chi connectivity index (χ0n) is 22.9. The third-order valence-corrected chi connectivity index (χ3v) is 8.77. The third kappa shape index (κ3) is 8.75. The van der Waals surface area contributed by atoms with Crippen LogP contribution in [0.4, 0.5) is 0 Å². The van der Waals surface area contributed by atoms with Gasteiger partial charge in [0, 0.05) is 18.5 Å². The van der Waals surface area contributed by atoms with Crippen molar-refractivity contribution in [1.82, 2.24) is 4.90 Å². The fourth-order valence-electron chi connectivity index (χ4n) is 4.15. The van der Waals surface area contributed by atoms with Gasteiger partial charge >= 0.3 is 19.5 Å². The largest absolute Gasteiger partial charge is 0.480 e. The van der Waals surface area contributed by atoms with Gasteiger partial charge in [0.25, 0.3) is 5.91 Å². The summed E-state index contributed by atoms with van der Waals surface area (Å²) < 4.78 is 30.9. The van der Waals surface area contributed by atoms with E-state index >= 15 is 0 Å². The highest BCUT2D eigenvalue weighted by Gasteiger charge is 2.43. The van der Waals surface area contributed by atoms with Gasteiger partial charge in [-0.2, -0.15) is 0 Å². The molecule has 0 aromatic heterocycles. The molecule has 0 aliphatic carbocycles. The lowest BCUT2D eigenvalue weighted by Gasteiger charge is -2.31. The van der Waals surface area contributed by atoms with Gasteiger partial charge in [-0.05, 0) is 47.0 Å². The van der Waals surface area contributed by atoms with Crippen LogP contribution in [0.2, 0.25) is 0 Å². The van der Waals surface area contributed by atoms with Crippen molar-refractivity contribution in [2.45, 2.75) is 90.9 Å². The standard InChI is InChI=1S/C27H40NO9P/c1-6-7-14-21(17-23(29)20-12-9-8-10-13-20)38(34,36-18-35-26(33)27(3,4)5)37-19(2)24(30)28-16-11-15-22(28)25(31)32/h8-10,12-13,19,21-22H,6-7,11,14-18H2,1-5H3,(H,31,32)/t19-,21?,22-,38?/m0/s1. The van der Waals surface area contributed by atoms with Crippen molar-refractivity contribution in [3.63, 3.8) is 0 Å². The molecule has 0 spiro atoms. The topological polar surface area (TPSA) is 137 Å². The Balaban J connectivity index is 2.32. The molecule has 1 amide bonds. The second-order valence-corrected chi connectivity index (χ2v) is 12.8. The van der Waals surface area contributed by atoms with Crippen molar-refractivity contribution < 1.29 is 42.6 Å². The Bertz CT molecular complexity index is 1020. The molecule has 2 rings (SSSR count). The second kappa shape index (κ2) is 14.0. The number of carbonyl (C=O) groups excluding carboxylic acids is 3. The van der Waals surface area contributed by atoms with E-state index in [1.165, 1.54) is 11.8 Å². The SMILES string of the molecule is CCCCC(CC(=O)c1ccccc1)P(=O)(OCOC(=O)C(C)(C)C)O[C@@H](C)C(=O)N1CCC[C@H]1C(=O)O. The molecule has 1 aliphatic rings. The van der Waals surface area contributed by atoms with Crippen LogP contribution in [-0.2, 0) is 32.7 Å².